The molecule has 0 unspecified atom stereocenters. The van der Waals surface area contributed by atoms with E-state index in [0.717, 1.165) is 4.34 Å². The quantitative estimate of drug-likeness (QED) is 0.482. The fourth-order valence-corrected chi connectivity index (χ4v) is 4.09. The Kier molecular flexibility index (Phi) is 5.75. The van der Waals surface area contributed by atoms with Gasteiger partial charge in [-0.3, -0.25) is 14.9 Å². The van der Waals surface area contributed by atoms with Gasteiger partial charge < -0.3 is 5.32 Å². The lowest BCUT2D eigenvalue weighted by molar-refractivity contribution is -0.383. The number of nitro benzene ring substituents is 1. The van der Waals surface area contributed by atoms with E-state index in [2.05, 4.69) is 15.5 Å². The maximum atomic E-state index is 12.2. The molecular formula is C12H12N4O3S3. The zero-order chi connectivity index (χ0) is 16.1. The summed E-state index contributed by atoms with van der Waals surface area (Å²) in [5.74, 6) is -0.319. The van der Waals surface area contributed by atoms with Crippen molar-refractivity contribution in [2.45, 2.75) is 20.9 Å². The highest BCUT2D eigenvalue weighted by atomic mass is 32.2. The number of nitrogens with zero attached hydrogens (tertiary/aromatic N) is 3. The zero-order valence-corrected chi connectivity index (χ0v) is 14.1. The Hall–Kier alpha value is -1.65. The first-order chi connectivity index (χ1) is 10.5. The molecular weight excluding hydrogens is 344 g/mol. The average molecular weight is 356 g/mol. The number of thioether (sulfide) groups is 2. The van der Waals surface area contributed by atoms with Gasteiger partial charge in [0, 0.05) is 6.07 Å². The van der Waals surface area contributed by atoms with Crippen molar-refractivity contribution in [3.63, 3.8) is 0 Å². The van der Waals surface area contributed by atoms with E-state index in [1.54, 1.807) is 19.1 Å². The van der Waals surface area contributed by atoms with Crippen molar-refractivity contribution >= 4 is 52.1 Å². The number of aromatic nitrogens is 2. The van der Waals surface area contributed by atoms with Gasteiger partial charge in [0.05, 0.1) is 10.2 Å². The zero-order valence-electron chi connectivity index (χ0n) is 11.7. The molecule has 0 aliphatic carbocycles. The minimum Gasteiger partial charge on any atom is -0.319 e. The van der Waals surface area contributed by atoms with Gasteiger partial charge in [-0.25, -0.2) is 0 Å². The Morgan fingerprint density at radius 3 is 2.68 bits per heavy atom. The third kappa shape index (κ3) is 4.18. The molecule has 0 spiro atoms. The van der Waals surface area contributed by atoms with Crippen LogP contribution in [0.3, 0.4) is 0 Å². The third-order valence-electron chi connectivity index (χ3n) is 2.57. The van der Waals surface area contributed by atoms with E-state index in [9.17, 15) is 14.9 Å². The maximum Gasteiger partial charge on any atom is 0.292 e. The highest BCUT2D eigenvalue weighted by Crippen LogP contribution is 2.31. The molecule has 0 fully saturated rings. The second kappa shape index (κ2) is 7.56. The third-order valence-corrected chi connectivity index (χ3v) is 5.65. The van der Waals surface area contributed by atoms with E-state index in [-0.39, 0.29) is 17.3 Å². The molecule has 7 nitrogen and oxygen atoms in total. The molecule has 0 aliphatic rings. The Labute approximate surface area is 139 Å². The Balaban J connectivity index is 2.04. The van der Waals surface area contributed by atoms with Crippen molar-refractivity contribution in [1.82, 2.24) is 10.2 Å². The van der Waals surface area contributed by atoms with Gasteiger partial charge in [-0.1, -0.05) is 47.0 Å². The van der Waals surface area contributed by atoms with Crippen molar-refractivity contribution in [3.8, 4) is 0 Å². The minimum atomic E-state index is -0.525. The molecule has 0 aliphatic heterocycles. The van der Waals surface area contributed by atoms with E-state index in [0.29, 0.717) is 4.34 Å². The number of hydrogen-bond donors (Lipinski definition) is 1. The van der Waals surface area contributed by atoms with Crippen LogP contribution in [0.15, 0.2) is 32.9 Å². The summed E-state index contributed by atoms with van der Waals surface area (Å²) in [6.07, 6.45) is 1.90. The monoisotopic (exact) mass is 356 g/mol. The minimum absolute atomic E-state index is 0.131. The number of anilines is 1. The van der Waals surface area contributed by atoms with Crippen LogP contribution in [0.5, 0.6) is 0 Å². The Morgan fingerprint density at radius 1 is 1.36 bits per heavy atom. The average Bonchev–Trinajstić information content (AvgIpc) is 2.95. The number of benzene rings is 1. The van der Waals surface area contributed by atoms with Crippen molar-refractivity contribution in [2.24, 2.45) is 0 Å². The summed E-state index contributed by atoms with van der Waals surface area (Å²) in [4.78, 5) is 22.6. The molecule has 0 saturated heterocycles. The van der Waals surface area contributed by atoms with E-state index < -0.39 is 10.2 Å². The van der Waals surface area contributed by atoms with Crippen LogP contribution in [0, 0.1) is 10.1 Å². The molecule has 2 aromatic rings. The lowest BCUT2D eigenvalue weighted by atomic mass is 10.2. The first kappa shape index (κ1) is 16.7. The molecule has 0 bridgehead atoms. The smallest absolute Gasteiger partial charge is 0.292 e. The summed E-state index contributed by atoms with van der Waals surface area (Å²) < 4.78 is 1.52. The second-order valence-corrected chi connectivity index (χ2v) is 7.68. The molecule has 1 N–H and O–H groups in total. The number of carbonyl (C=O) groups excluding carboxylic acids is 1. The number of carbonyl (C=O) groups is 1. The number of rotatable bonds is 6. The Bertz CT molecular complexity index is 692. The summed E-state index contributed by atoms with van der Waals surface area (Å²) in [5.41, 5.74) is 0.0562. The number of nitro groups is 1. The van der Waals surface area contributed by atoms with Crippen LogP contribution in [0.2, 0.25) is 0 Å². The Morgan fingerprint density at radius 2 is 2.05 bits per heavy atom. The fourth-order valence-electron chi connectivity index (χ4n) is 1.50. The van der Waals surface area contributed by atoms with E-state index in [4.69, 9.17) is 0 Å². The largest absolute Gasteiger partial charge is 0.319 e. The van der Waals surface area contributed by atoms with Crippen molar-refractivity contribution in [3.05, 3.63) is 34.4 Å². The predicted octanol–water partition coefficient (Wildman–Crippen LogP) is 3.29. The topological polar surface area (TPSA) is 98.0 Å². The first-order valence-electron chi connectivity index (χ1n) is 6.09. The van der Waals surface area contributed by atoms with Crippen LogP contribution in [0.25, 0.3) is 0 Å². The highest BCUT2D eigenvalue weighted by Gasteiger charge is 2.20. The molecule has 1 aromatic heterocycles. The normalized spacial score (nSPS) is 11.9. The molecule has 1 heterocycles. The van der Waals surface area contributed by atoms with Crippen LogP contribution in [0.4, 0.5) is 11.4 Å². The summed E-state index contributed by atoms with van der Waals surface area (Å²) in [5, 5.41) is 21.0. The fraction of sp³-hybridized carbons (Fsp3) is 0.250. The molecule has 10 heteroatoms. The molecule has 2 rings (SSSR count). The summed E-state index contributed by atoms with van der Waals surface area (Å²) in [6, 6.07) is 6.04. The van der Waals surface area contributed by atoms with Gasteiger partial charge in [-0.05, 0) is 19.2 Å². The van der Waals surface area contributed by atoms with Gasteiger partial charge in [-0.2, -0.15) is 0 Å². The van der Waals surface area contributed by atoms with Gasteiger partial charge >= 0.3 is 0 Å². The molecule has 22 heavy (non-hydrogen) atoms. The molecule has 116 valence electrons. The van der Waals surface area contributed by atoms with Crippen LogP contribution < -0.4 is 5.32 Å². The van der Waals surface area contributed by atoms with Gasteiger partial charge in [0.15, 0.2) is 8.68 Å². The first-order valence-corrected chi connectivity index (χ1v) is 9.01. The second-order valence-electron chi connectivity index (χ2n) is 4.06. The predicted molar refractivity (Wildman–Crippen MR) is 88.7 cm³/mol. The van der Waals surface area contributed by atoms with Crippen LogP contribution >= 0.6 is 34.9 Å². The van der Waals surface area contributed by atoms with Crippen molar-refractivity contribution < 1.29 is 9.72 Å². The SMILES string of the molecule is CSc1nnc(S[C@H](C)C(=O)Nc2ccccc2[N+](=O)[O-])s1. The van der Waals surface area contributed by atoms with E-state index in [1.165, 1.54) is 47.0 Å². The van der Waals surface area contributed by atoms with Crippen LogP contribution in [-0.2, 0) is 4.79 Å². The summed E-state index contributed by atoms with van der Waals surface area (Å²) >= 11 is 4.17. The van der Waals surface area contributed by atoms with Crippen molar-refractivity contribution in [2.75, 3.05) is 11.6 Å². The molecule has 0 radical (unpaired) electrons. The van der Waals surface area contributed by atoms with Gasteiger partial charge in [0.2, 0.25) is 5.91 Å². The van der Waals surface area contributed by atoms with Crippen LogP contribution in [-0.4, -0.2) is 32.5 Å². The maximum absolute atomic E-state index is 12.2. The van der Waals surface area contributed by atoms with Crippen molar-refractivity contribution in [1.29, 1.82) is 0 Å². The summed E-state index contributed by atoms with van der Waals surface area (Å²) in [6.45, 7) is 1.72. The van der Waals surface area contributed by atoms with Gasteiger partial charge in [0.25, 0.3) is 5.69 Å². The molecule has 1 aromatic carbocycles. The van der Waals surface area contributed by atoms with E-state index >= 15 is 0 Å². The number of para-hydroxylation sites is 2. The summed E-state index contributed by atoms with van der Waals surface area (Å²) in [7, 11) is 0. The molecule has 0 saturated carbocycles. The van der Waals surface area contributed by atoms with Crippen LogP contribution in [0.1, 0.15) is 6.92 Å². The molecule has 1 amide bonds. The number of nitrogens with one attached hydrogen (secondary N) is 1. The van der Waals surface area contributed by atoms with E-state index in [1.807, 2.05) is 6.26 Å². The standard InChI is InChI=1S/C12H12N4O3S3/c1-7(21-12-15-14-11(20-2)22-12)10(17)13-8-5-3-4-6-9(8)16(18)19/h3-7H,1-2H3,(H,13,17)/t7-/m1/s1. The lowest BCUT2D eigenvalue weighted by Crippen LogP contribution is -2.22. The highest BCUT2D eigenvalue weighted by molar-refractivity contribution is 8.03. The lowest BCUT2D eigenvalue weighted by Gasteiger charge is -2.10. The number of amides is 1. The van der Waals surface area contributed by atoms with Gasteiger partial charge in [-0.15, -0.1) is 10.2 Å². The number of hydrogen-bond acceptors (Lipinski definition) is 8. The molecule has 1 atom stereocenters. The van der Waals surface area contributed by atoms with Gasteiger partial charge in [0.1, 0.15) is 5.69 Å².